The molecule has 4 aromatic rings. The van der Waals surface area contributed by atoms with Crippen LogP contribution in [0.4, 0.5) is 0 Å². The van der Waals surface area contributed by atoms with Crippen LogP contribution in [-0.4, -0.2) is 28.9 Å². The van der Waals surface area contributed by atoms with Crippen LogP contribution in [0.5, 0.6) is 0 Å². The van der Waals surface area contributed by atoms with Gasteiger partial charge < -0.3 is 4.57 Å². The van der Waals surface area contributed by atoms with Crippen LogP contribution in [0.25, 0.3) is 22.4 Å². The Bertz CT molecular complexity index is 1170. The molecule has 0 atom stereocenters. The molecule has 0 radical (unpaired) electrons. The standard InChI is InChI=1S/C19H22N6O/c1-12(2)25-14-9-7-6-8-13(14)23-11-20-17(16(23)18(25)26)24-10-15(21-22-24)19(3,4)5/h6-12H,1-5H3. The summed E-state index contributed by atoms with van der Waals surface area (Å²) in [5, 5.41) is 8.47. The first-order valence-electron chi connectivity index (χ1n) is 8.72. The molecule has 0 spiro atoms. The Labute approximate surface area is 150 Å². The molecule has 3 heterocycles. The van der Waals surface area contributed by atoms with Crippen molar-refractivity contribution in [1.82, 2.24) is 28.9 Å². The molecule has 134 valence electrons. The Kier molecular flexibility index (Phi) is 3.50. The predicted octanol–water partition coefficient (Wildman–Crippen LogP) is 3.11. The Morgan fingerprint density at radius 1 is 1.08 bits per heavy atom. The summed E-state index contributed by atoms with van der Waals surface area (Å²) in [5.74, 6) is 0.498. The van der Waals surface area contributed by atoms with Crippen molar-refractivity contribution in [2.24, 2.45) is 0 Å². The smallest absolute Gasteiger partial charge is 0.279 e. The van der Waals surface area contributed by atoms with Gasteiger partial charge in [-0.3, -0.25) is 9.20 Å². The van der Waals surface area contributed by atoms with E-state index in [0.29, 0.717) is 11.3 Å². The lowest BCUT2D eigenvalue weighted by molar-refractivity contribution is 0.566. The van der Waals surface area contributed by atoms with Crippen molar-refractivity contribution in [3.05, 3.63) is 52.8 Å². The summed E-state index contributed by atoms with van der Waals surface area (Å²) in [6, 6.07) is 7.89. The first kappa shape index (κ1) is 16.5. The second kappa shape index (κ2) is 5.52. The quantitative estimate of drug-likeness (QED) is 0.557. The number of aromatic nitrogens is 6. The van der Waals surface area contributed by atoms with Crippen molar-refractivity contribution in [3.63, 3.8) is 0 Å². The number of fused-ring (bicyclic) bond motifs is 3. The highest BCUT2D eigenvalue weighted by molar-refractivity contribution is 5.81. The van der Waals surface area contributed by atoms with E-state index in [1.54, 1.807) is 15.6 Å². The highest BCUT2D eigenvalue weighted by Gasteiger charge is 2.22. The number of rotatable bonds is 2. The summed E-state index contributed by atoms with van der Waals surface area (Å²) in [4.78, 5) is 17.8. The number of para-hydroxylation sites is 2. The highest BCUT2D eigenvalue weighted by atomic mass is 16.1. The number of benzene rings is 1. The normalized spacial score (nSPS) is 12.5. The third-order valence-corrected chi connectivity index (χ3v) is 4.57. The lowest BCUT2D eigenvalue weighted by atomic mass is 9.93. The molecule has 0 saturated carbocycles. The van der Waals surface area contributed by atoms with E-state index >= 15 is 0 Å². The van der Waals surface area contributed by atoms with Gasteiger partial charge in [0.1, 0.15) is 6.33 Å². The van der Waals surface area contributed by atoms with E-state index in [9.17, 15) is 4.79 Å². The topological polar surface area (TPSA) is 70.0 Å². The molecule has 0 N–H and O–H groups in total. The average Bonchev–Trinajstić information content (AvgIpc) is 3.21. The summed E-state index contributed by atoms with van der Waals surface area (Å²) < 4.78 is 5.23. The minimum Gasteiger partial charge on any atom is -0.302 e. The van der Waals surface area contributed by atoms with Crippen LogP contribution in [0.3, 0.4) is 0 Å². The fourth-order valence-electron chi connectivity index (χ4n) is 3.21. The van der Waals surface area contributed by atoms with Crippen LogP contribution in [0.2, 0.25) is 0 Å². The van der Waals surface area contributed by atoms with E-state index < -0.39 is 0 Å². The maximum Gasteiger partial charge on any atom is 0.279 e. The molecule has 7 nitrogen and oxygen atoms in total. The van der Waals surface area contributed by atoms with Gasteiger partial charge in [0.25, 0.3) is 5.56 Å². The minimum atomic E-state index is -0.126. The van der Waals surface area contributed by atoms with Crippen molar-refractivity contribution in [2.75, 3.05) is 0 Å². The molecular weight excluding hydrogens is 328 g/mol. The third kappa shape index (κ3) is 2.34. The van der Waals surface area contributed by atoms with E-state index in [2.05, 4.69) is 36.1 Å². The number of imidazole rings is 1. The predicted molar refractivity (Wildman–Crippen MR) is 101 cm³/mol. The SMILES string of the molecule is CC(C)n1c(=O)c2c(-n3cc(C(C)(C)C)nn3)ncn2c2ccccc21. The van der Waals surface area contributed by atoms with Gasteiger partial charge in [-0.1, -0.05) is 38.1 Å². The van der Waals surface area contributed by atoms with Crippen LogP contribution in [0, 0.1) is 0 Å². The van der Waals surface area contributed by atoms with Gasteiger partial charge in [-0.2, -0.15) is 4.68 Å². The first-order chi connectivity index (χ1) is 12.3. The molecule has 0 saturated heterocycles. The van der Waals surface area contributed by atoms with Crippen molar-refractivity contribution < 1.29 is 0 Å². The van der Waals surface area contributed by atoms with Gasteiger partial charge in [-0.25, -0.2) is 4.98 Å². The molecule has 0 aliphatic heterocycles. The third-order valence-electron chi connectivity index (χ3n) is 4.57. The van der Waals surface area contributed by atoms with Crippen LogP contribution < -0.4 is 5.56 Å². The molecule has 7 heteroatoms. The van der Waals surface area contributed by atoms with Crippen molar-refractivity contribution in [3.8, 4) is 5.82 Å². The molecule has 0 unspecified atom stereocenters. The molecule has 0 fully saturated rings. The van der Waals surface area contributed by atoms with E-state index in [1.807, 2.05) is 48.7 Å². The molecule has 0 bridgehead atoms. The fourth-order valence-corrected chi connectivity index (χ4v) is 3.21. The van der Waals surface area contributed by atoms with Gasteiger partial charge >= 0.3 is 0 Å². The molecule has 0 aliphatic carbocycles. The van der Waals surface area contributed by atoms with Gasteiger partial charge in [0.05, 0.1) is 22.9 Å². The lowest BCUT2D eigenvalue weighted by Crippen LogP contribution is -2.25. The van der Waals surface area contributed by atoms with E-state index in [1.165, 1.54) is 0 Å². The van der Waals surface area contributed by atoms with Crippen molar-refractivity contribution in [2.45, 2.75) is 46.1 Å². The molecular formula is C19H22N6O. The fraction of sp³-hybridized carbons (Fsp3) is 0.368. The largest absolute Gasteiger partial charge is 0.302 e. The summed E-state index contributed by atoms with van der Waals surface area (Å²) in [6.45, 7) is 10.2. The Balaban J connectivity index is 2.08. The average molecular weight is 350 g/mol. The molecule has 26 heavy (non-hydrogen) atoms. The number of hydrogen-bond acceptors (Lipinski definition) is 4. The zero-order chi connectivity index (χ0) is 18.6. The van der Waals surface area contributed by atoms with E-state index in [-0.39, 0.29) is 17.0 Å². The van der Waals surface area contributed by atoms with Gasteiger partial charge in [0, 0.05) is 11.5 Å². The molecule has 0 amide bonds. The molecule has 0 aliphatic rings. The Hall–Kier alpha value is -2.96. The van der Waals surface area contributed by atoms with Gasteiger partial charge in [0.15, 0.2) is 11.3 Å². The second-order valence-corrected chi connectivity index (χ2v) is 7.84. The summed E-state index contributed by atoms with van der Waals surface area (Å²) in [5.41, 5.74) is 2.97. The number of hydrogen-bond donors (Lipinski definition) is 0. The van der Waals surface area contributed by atoms with Crippen LogP contribution in [0.15, 0.2) is 41.6 Å². The highest BCUT2D eigenvalue weighted by Crippen LogP contribution is 2.23. The monoisotopic (exact) mass is 350 g/mol. The minimum absolute atomic E-state index is 0.0287. The summed E-state index contributed by atoms with van der Waals surface area (Å²) in [7, 11) is 0. The second-order valence-electron chi connectivity index (χ2n) is 7.84. The molecule has 4 rings (SSSR count). The van der Waals surface area contributed by atoms with Crippen molar-refractivity contribution >= 4 is 16.6 Å². The maximum absolute atomic E-state index is 13.3. The van der Waals surface area contributed by atoms with Gasteiger partial charge in [-0.15, -0.1) is 5.10 Å². The van der Waals surface area contributed by atoms with E-state index in [0.717, 1.165) is 16.7 Å². The van der Waals surface area contributed by atoms with Crippen LogP contribution in [0.1, 0.15) is 46.4 Å². The number of nitrogens with zero attached hydrogens (tertiary/aromatic N) is 6. The summed E-state index contributed by atoms with van der Waals surface area (Å²) >= 11 is 0. The Morgan fingerprint density at radius 2 is 1.77 bits per heavy atom. The zero-order valence-corrected chi connectivity index (χ0v) is 15.6. The first-order valence-corrected chi connectivity index (χ1v) is 8.72. The molecule has 3 aromatic heterocycles. The van der Waals surface area contributed by atoms with Gasteiger partial charge in [-0.05, 0) is 26.0 Å². The summed E-state index contributed by atoms with van der Waals surface area (Å²) in [6.07, 6.45) is 3.52. The maximum atomic E-state index is 13.3. The van der Waals surface area contributed by atoms with E-state index in [4.69, 9.17) is 0 Å². The zero-order valence-electron chi connectivity index (χ0n) is 15.6. The Morgan fingerprint density at radius 3 is 2.38 bits per heavy atom. The molecule has 1 aromatic carbocycles. The lowest BCUT2D eigenvalue weighted by Gasteiger charge is -2.15. The van der Waals surface area contributed by atoms with Crippen LogP contribution >= 0.6 is 0 Å². The van der Waals surface area contributed by atoms with Crippen molar-refractivity contribution in [1.29, 1.82) is 0 Å². The van der Waals surface area contributed by atoms with Gasteiger partial charge in [0.2, 0.25) is 0 Å². The van der Waals surface area contributed by atoms with Crippen LogP contribution in [-0.2, 0) is 5.41 Å².